The molecule has 2 heterocycles. The van der Waals surface area contributed by atoms with Crippen molar-refractivity contribution in [3.63, 3.8) is 0 Å². The predicted octanol–water partition coefficient (Wildman–Crippen LogP) is 10.5. The van der Waals surface area contributed by atoms with Gasteiger partial charge in [-0.3, -0.25) is 0 Å². The van der Waals surface area contributed by atoms with E-state index in [0.717, 1.165) is 39.3 Å². The largest absolute Gasteiger partial charge is 0.467 e. The van der Waals surface area contributed by atoms with Crippen LogP contribution in [0.4, 0.5) is 0 Å². The molecule has 47 heavy (non-hydrogen) atoms. The number of benzene rings is 7. The predicted molar refractivity (Wildman–Crippen MR) is 188 cm³/mol. The molecular weight excluding hydrogens is 574 g/mol. The molecule has 0 aromatic heterocycles. The van der Waals surface area contributed by atoms with Crippen LogP contribution in [-0.4, -0.2) is 12.4 Å². The summed E-state index contributed by atoms with van der Waals surface area (Å²) >= 11 is 0. The third-order valence-electron chi connectivity index (χ3n) is 10.1. The van der Waals surface area contributed by atoms with Crippen molar-refractivity contribution in [3.8, 4) is 33.8 Å². The van der Waals surface area contributed by atoms with E-state index in [9.17, 15) is 0 Å². The van der Waals surface area contributed by atoms with E-state index in [0.29, 0.717) is 12.4 Å². The minimum absolute atomic E-state index is 0.207. The second kappa shape index (κ2) is 10.0. The van der Waals surface area contributed by atoms with Crippen LogP contribution in [0.5, 0.6) is 11.5 Å². The number of para-hydroxylation sites is 1. The molecule has 3 nitrogen and oxygen atoms in total. The molecule has 1 spiro atoms. The summed E-state index contributed by atoms with van der Waals surface area (Å²) in [7, 11) is 0. The van der Waals surface area contributed by atoms with Gasteiger partial charge in [-0.15, -0.1) is 0 Å². The Morgan fingerprint density at radius 2 is 1.17 bits per heavy atom. The summed E-state index contributed by atoms with van der Waals surface area (Å²) in [6.45, 7) is 0.567. The zero-order chi connectivity index (χ0) is 31.0. The number of aliphatic imine (C=N–C) groups is 1. The molecule has 0 bridgehead atoms. The van der Waals surface area contributed by atoms with E-state index < -0.39 is 5.41 Å². The van der Waals surface area contributed by atoms with Gasteiger partial charge in [0.2, 0.25) is 5.90 Å². The summed E-state index contributed by atoms with van der Waals surface area (Å²) < 4.78 is 13.4. The van der Waals surface area contributed by atoms with Crippen LogP contribution in [-0.2, 0) is 10.2 Å². The molecule has 0 saturated carbocycles. The van der Waals surface area contributed by atoms with Crippen molar-refractivity contribution in [3.05, 3.63) is 191 Å². The van der Waals surface area contributed by atoms with E-state index in [2.05, 4.69) is 140 Å². The fourth-order valence-corrected chi connectivity index (χ4v) is 8.18. The van der Waals surface area contributed by atoms with Gasteiger partial charge in [0.1, 0.15) is 17.6 Å². The Bertz CT molecular complexity index is 2360. The van der Waals surface area contributed by atoms with Crippen molar-refractivity contribution in [2.75, 3.05) is 6.54 Å². The molecule has 0 fully saturated rings. The Labute approximate surface area is 273 Å². The van der Waals surface area contributed by atoms with Gasteiger partial charge in [0.25, 0.3) is 0 Å². The highest BCUT2D eigenvalue weighted by molar-refractivity contribution is 5.97. The van der Waals surface area contributed by atoms with Crippen LogP contribution in [0.15, 0.2) is 163 Å². The average molecular weight is 604 g/mol. The summed E-state index contributed by atoms with van der Waals surface area (Å²) in [5, 5.41) is 2.37. The fourth-order valence-electron chi connectivity index (χ4n) is 8.18. The fraction of sp³-hybridized carbons (Fsp3) is 0.0682. The van der Waals surface area contributed by atoms with Gasteiger partial charge < -0.3 is 9.47 Å². The molecule has 7 aromatic carbocycles. The quantitative estimate of drug-likeness (QED) is 0.201. The number of rotatable bonds is 3. The molecule has 7 aromatic rings. The van der Waals surface area contributed by atoms with Crippen molar-refractivity contribution in [1.82, 2.24) is 0 Å². The molecule has 0 amide bonds. The number of ether oxygens (including phenoxy) is 2. The Kier molecular flexibility index (Phi) is 5.62. The van der Waals surface area contributed by atoms with Crippen LogP contribution in [0.1, 0.15) is 39.5 Å². The van der Waals surface area contributed by atoms with Crippen molar-refractivity contribution in [2.45, 2.75) is 11.5 Å². The van der Waals surface area contributed by atoms with Gasteiger partial charge in [0.05, 0.1) is 12.0 Å². The maximum absolute atomic E-state index is 6.71. The second-order valence-corrected chi connectivity index (χ2v) is 12.5. The third kappa shape index (κ3) is 3.71. The van der Waals surface area contributed by atoms with Crippen molar-refractivity contribution in [2.24, 2.45) is 4.99 Å². The molecule has 0 radical (unpaired) electrons. The van der Waals surface area contributed by atoms with Crippen LogP contribution in [0.25, 0.3) is 33.0 Å². The molecule has 0 N–H and O–H groups in total. The minimum Gasteiger partial charge on any atom is -0.467 e. The van der Waals surface area contributed by atoms with Crippen LogP contribution in [0, 0.1) is 0 Å². The van der Waals surface area contributed by atoms with Gasteiger partial charge in [0, 0.05) is 22.3 Å². The lowest BCUT2D eigenvalue weighted by molar-refractivity contribution is 0.232. The third-order valence-corrected chi connectivity index (χ3v) is 10.1. The van der Waals surface area contributed by atoms with E-state index >= 15 is 0 Å². The Morgan fingerprint density at radius 1 is 0.511 bits per heavy atom. The summed E-state index contributed by atoms with van der Waals surface area (Å²) in [4.78, 5) is 4.88. The lowest BCUT2D eigenvalue weighted by Gasteiger charge is -2.39. The lowest BCUT2D eigenvalue weighted by atomic mass is 9.65. The Hall–Kier alpha value is -5.93. The summed E-state index contributed by atoms with van der Waals surface area (Å²) in [6, 6.07) is 56.2. The van der Waals surface area contributed by atoms with Crippen LogP contribution in [0.2, 0.25) is 0 Å². The molecule has 10 rings (SSSR count). The van der Waals surface area contributed by atoms with E-state index in [1.165, 1.54) is 38.6 Å². The minimum atomic E-state index is -0.516. The maximum atomic E-state index is 6.71. The smallest absolute Gasteiger partial charge is 0.216 e. The molecule has 1 unspecified atom stereocenters. The maximum Gasteiger partial charge on any atom is 0.216 e. The van der Waals surface area contributed by atoms with Gasteiger partial charge in [-0.1, -0.05) is 127 Å². The van der Waals surface area contributed by atoms with Crippen LogP contribution in [0.3, 0.4) is 0 Å². The average Bonchev–Trinajstić information content (AvgIpc) is 3.74. The normalized spacial score (nSPS) is 16.4. The van der Waals surface area contributed by atoms with Crippen LogP contribution < -0.4 is 4.74 Å². The van der Waals surface area contributed by atoms with Gasteiger partial charge in [-0.05, 0) is 74.5 Å². The van der Waals surface area contributed by atoms with Gasteiger partial charge in [0.15, 0.2) is 0 Å². The summed E-state index contributed by atoms with van der Waals surface area (Å²) in [6.07, 6.45) is -0.207. The molecule has 1 atom stereocenters. The molecular formula is C44H29NO2. The monoisotopic (exact) mass is 603 g/mol. The van der Waals surface area contributed by atoms with E-state index in [-0.39, 0.29) is 6.10 Å². The van der Waals surface area contributed by atoms with Gasteiger partial charge in [-0.25, -0.2) is 4.99 Å². The summed E-state index contributed by atoms with van der Waals surface area (Å²) in [5.41, 5.74) is 11.4. The lowest BCUT2D eigenvalue weighted by Crippen LogP contribution is -2.32. The highest BCUT2D eigenvalue weighted by atomic mass is 16.5. The molecule has 3 aliphatic rings. The zero-order valence-corrected chi connectivity index (χ0v) is 25.6. The molecule has 222 valence electrons. The molecule has 2 aliphatic heterocycles. The number of fused-ring (bicyclic) bond motifs is 10. The van der Waals surface area contributed by atoms with Crippen molar-refractivity contribution >= 4 is 16.7 Å². The first kappa shape index (κ1) is 26.3. The van der Waals surface area contributed by atoms with Gasteiger partial charge in [-0.2, -0.15) is 0 Å². The zero-order valence-electron chi connectivity index (χ0n) is 25.6. The van der Waals surface area contributed by atoms with E-state index in [4.69, 9.17) is 14.5 Å². The van der Waals surface area contributed by atoms with E-state index in [1.807, 2.05) is 18.2 Å². The molecule has 3 heteroatoms. The second-order valence-electron chi connectivity index (χ2n) is 12.5. The van der Waals surface area contributed by atoms with Crippen LogP contribution >= 0.6 is 0 Å². The Morgan fingerprint density at radius 3 is 1.98 bits per heavy atom. The van der Waals surface area contributed by atoms with Crippen molar-refractivity contribution < 1.29 is 9.47 Å². The number of hydrogen-bond acceptors (Lipinski definition) is 3. The first-order valence-electron chi connectivity index (χ1n) is 16.2. The van der Waals surface area contributed by atoms with E-state index in [1.54, 1.807) is 0 Å². The number of nitrogens with zero attached hydrogens (tertiary/aromatic N) is 1. The van der Waals surface area contributed by atoms with Gasteiger partial charge >= 0.3 is 0 Å². The Balaban J connectivity index is 1.21. The number of hydrogen-bond donors (Lipinski definition) is 0. The van der Waals surface area contributed by atoms with Crippen molar-refractivity contribution in [1.29, 1.82) is 0 Å². The molecule has 0 saturated heterocycles. The highest BCUT2D eigenvalue weighted by Crippen LogP contribution is 2.62. The summed E-state index contributed by atoms with van der Waals surface area (Å²) in [5.74, 6) is 2.48. The first-order valence-corrected chi connectivity index (χ1v) is 16.2. The SMILES string of the molecule is c1ccc(C2=NCC(c3c(-c4ccc5c(c4)C4(c6ccccc6O5)c5ccccc5-c5ccccc54)ccc4ccccc34)O2)cc1. The topological polar surface area (TPSA) is 30.8 Å². The molecule has 1 aliphatic carbocycles. The first-order chi connectivity index (χ1) is 23.3. The highest BCUT2D eigenvalue weighted by Gasteiger charge is 2.51. The standard InChI is InChI=1S/C44H29NO2/c1-2-13-29(14-3-1)43-45-27-41(47-43)42-31-15-5-4-12-28(31)22-24-32(42)30-23-25-40-38(26-30)44(37-20-10-11-21-39(37)46-40)35-18-8-6-16-33(35)34-17-7-9-19-36(34)44/h1-26,41H,27H2.